The third kappa shape index (κ3) is 4.16. The molecule has 0 aliphatic rings. The van der Waals surface area contributed by atoms with Gasteiger partial charge in [0.15, 0.2) is 0 Å². The molecular weight excluding hydrogens is 338 g/mol. The molecule has 0 aliphatic carbocycles. The summed E-state index contributed by atoms with van der Waals surface area (Å²) in [5.74, 6) is 0.0350. The largest absolute Gasteiger partial charge is 0.508 e. The fourth-order valence-corrected chi connectivity index (χ4v) is 2.99. The number of carbonyl (C=O) groups excluding carboxylic acids is 1. The summed E-state index contributed by atoms with van der Waals surface area (Å²) < 4.78 is 1.53. The summed E-state index contributed by atoms with van der Waals surface area (Å²) in [6.45, 7) is 3.77. The quantitative estimate of drug-likeness (QED) is 0.684. The predicted molar refractivity (Wildman–Crippen MR) is 95.9 cm³/mol. The van der Waals surface area contributed by atoms with E-state index in [0.717, 1.165) is 11.3 Å². The fourth-order valence-electron chi connectivity index (χ4n) is 2.19. The van der Waals surface area contributed by atoms with Crippen LogP contribution in [0.1, 0.15) is 12.5 Å². The molecule has 2 aromatic carbocycles. The lowest BCUT2D eigenvalue weighted by molar-refractivity contribution is -0.115. The number of aromatic hydroxyl groups is 1. The van der Waals surface area contributed by atoms with E-state index in [-0.39, 0.29) is 16.9 Å². The van der Waals surface area contributed by atoms with Gasteiger partial charge in [0, 0.05) is 5.69 Å². The van der Waals surface area contributed by atoms with Crippen molar-refractivity contribution in [2.75, 3.05) is 5.32 Å². The van der Waals surface area contributed by atoms with Crippen LogP contribution in [0.4, 0.5) is 5.69 Å². The van der Waals surface area contributed by atoms with Crippen molar-refractivity contribution >= 4 is 23.4 Å². The number of carbonyl (C=O) groups is 1. The number of benzene rings is 2. The maximum absolute atomic E-state index is 12.4. The summed E-state index contributed by atoms with van der Waals surface area (Å²) in [6.07, 6.45) is 0. The molecule has 7 nitrogen and oxygen atoms in total. The minimum atomic E-state index is -0.387. The number of aromatic nitrogens is 4. The van der Waals surface area contributed by atoms with Gasteiger partial charge in [-0.1, -0.05) is 23.9 Å². The van der Waals surface area contributed by atoms with E-state index in [0.29, 0.717) is 10.8 Å². The lowest BCUT2D eigenvalue weighted by Gasteiger charge is -2.12. The van der Waals surface area contributed by atoms with Crippen LogP contribution in [-0.2, 0) is 4.79 Å². The number of aryl methyl sites for hydroxylation is 1. The van der Waals surface area contributed by atoms with E-state index in [1.165, 1.54) is 16.4 Å². The van der Waals surface area contributed by atoms with Crippen LogP contribution >= 0.6 is 11.8 Å². The van der Waals surface area contributed by atoms with E-state index < -0.39 is 0 Å². The maximum atomic E-state index is 12.4. The molecule has 1 atom stereocenters. The average molecular weight is 355 g/mol. The molecule has 3 rings (SSSR count). The van der Waals surface area contributed by atoms with Gasteiger partial charge in [-0.15, -0.1) is 5.10 Å². The molecule has 0 spiro atoms. The Hall–Kier alpha value is -2.87. The molecule has 2 N–H and O–H groups in total. The van der Waals surface area contributed by atoms with Crippen molar-refractivity contribution in [3.63, 3.8) is 0 Å². The number of anilines is 1. The van der Waals surface area contributed by atoms with E-state index in [2.05, 4.69) is 20.8 Å². The summed E-state index contributed by atoms with van der Waals surface area (Å²) in [4.78, 5) is 12.4. The van der Waals surface area contributed by atoms with E-state index in [9.17, 15) is 9.90 Å². The Balaban J connectivity index is 1.71. The van der Waals surface area contributed by atoms with Crippen molar-refractivity contribution in [3.05, 3.63) is 54.1 Å². The van der Waals surface area contributed by atoms with Crippen LogP contribution < -0.4 is 5.32 Å². The van der Waals surface area contributed by atoms with Crippen molar-refractivity contribution in [1.82, 2.24) is 20.2 Å². The number of thioether (sulfide) groups is 1. The number of tetrazole rings is 1. The highest BCUT2D eigenvalue weighted by molar-refractivity contribution is 8.00. The molecular formula is C17H17N5O2S. The van der Waals surface area contributed by atoms with Gasteiger partial charge in [0.25, 0.3) is 0 Å². The van der Waals surface area contributed by atoms with Crippen molar-refractivity contribution in [2.45, 2.75) is 24.3 Å². The predicted octanol–water partition coefficient (Wildman–Crippen LogP) is 2.80. The first kappa shape index (κ1) is 17.0. The Bertz CT molecular complexity index is 879. The van der Waals surface area contributed by atoms with Crippen molar-refractivity contribution in [2.24, 2.45) is 0 Å². The summed E-state index contributed by atoms with van der Waals surface area (Å²) >= 11 is 1.26. The van der Waals surface area contributed by atoms with Gasteiger partial charge >= 0.3 is 0 Å². The van der Waals surface area contributed by atoms with Gasteiger partial charge in [-0.3, -0.25) is 4.79 Å². The van der Waals surface area contributed by atoms with Crippen LogP contribution in [0, 0.1) is 6.92 Å². The second-order valence-electron chi connectivity index (χ2n) is 5.51. The highest BCUT2D eigenvalue weighted by atomic mass is 32.2. The van der Waals surface area contributed by atoms with E-state index in [1.807, 2.05) is 31.2 Å². The first-order valence-electron chi connectivity index (χ1n) is 7.65. The molecule has 0 aliphatic heterocycles. The van der Waals surface area contributed by atoms with Crippen LogP contribution in [0.15, 0.2) is 53.7 Å². The summed E-state index contributed by atoms with van der Waals surface area (Å²) in [6, 6.07) is 14.1. The van der Waals surface area contributed by atoms with Crippen LogP contribution in [0.2, 0.25) is 0 Å². The number of hydrogen-bond donors (Lipinski definition) is 2. The Labute approximate surface area is 149 Å². The van der Waals surface area contributed by atoms with Gasteiger partial charge in [-0.05, 0) is 66.2 Å². The molecule has 1 heterocycles. The molecule has 25 heavy (non-hydrogen) atoms. The van der Waals surface area contributed by atoms with Gasteiger partial charge in [0.1, 0.15) is 5.75 Å². The highest BCUT2D eigenvalue weighted by Gasteiger charge is 2.19. The Morgan fingerprint density at radius 3 is 2.72 bits per heavy atom. The average Bonchev–Trinajstić information content (AvgIpc) is 3.03. The van der Waals surface area contributed by atoms with Gasteiger partial charge in [-0.25, -0.2) is 0 Å². The monoisotopic (exact) mass is 355 g/mol. The smallest absolute Gasteiger partial charge is 0.237 e. The number of phenolic OH excluding ortho intramolecular Hbond substituents is 1. The maximum Gasteiger partial charge on any atom is 0.237 e. The number of rotatable bonds is 5. The summed E-state index contributed by atoms with van der Waals surface area (Å²) in [7, 11) is 0. The van der Waals surface area contributed by atoms with E-state index in [1.54, 1.807) is 31.2 Å². The zero-order chi connectivity index (χ0) is 17.8. The second-order valence-corrected chi connectivity index (χ2v) is 6.82. The fraction of sp³-hybridized carbons (Fsp3) is 0.176. The van der Waals surface area contributed by atoms with Gasteiger partial charge in [0.05, 0.1) is 10.9 Å². The molecule has 1 aromatic heterocycles. The lowest BCUT2D eigenvalue weighted by Crippen LogP contribution is -2.23. The van der Waals surface area contributed by atoms with Gasteiger partial charge in [0.2, 0.25) is 11.1 Å². The molecule has 0 fully saturated rings. The van der Waals surface area contributed by atoms with Crippen molar-refractivity contribution in [1.29, 1.82) is 0 Å². The highest BCUT2D eigenvalue weighted by Crippen LogP contribution is 2.24. The zero-order valence-corrected chi connectivity index (χ0v) is 14.6. The Morgan fingerprint density at radius 2 is 2.00 bits per heavy atom. The molecule has 0 saturated carbocycles. The minimum Gasteiger partial charge on any atom is -0.508 e. The summed E-state index contributed by atoms with van der Waals surface area (Å²) in [5, 5.41) is 24.0. The molecule has 1 amide bonds. The Kier molecular flexibility index (Phi) is 4.99. The van der Waals surface area contributed by atoms with Gasteiger partial charge < -0.3 is 10.4 Å². The first-order valence-corrected chi connectivity index (χ1v) is 8.53. The number of phenols is 1. The molecule has 0 bridgehead atoms. The topological polar surface area (TPSA) is 92.9 Å². The molecule has 3 aromatic rings. The van der Waals surface area contributed by atoms with Crippen LogP contribution in [-0.4, -0.2) is 36.5 Å². The molecule has 128 valence electrons. The van der Waals surface area contributed by atoms with E-state index in [4.69, 9.17) is 0 Å². The number of nitrogens with one attached hydrogen (secondary N) is 1. The third-order valence-electron chi connectivity index (χ3n) is 3.47. The second kappa shape index (κ2) is 7.35. The Morgan fingerprint density at radius 1 is 1.24 bits per heavy atom. The lowest BCUT2D eigenvalue weighted by atomic mass is 10.2. The van der Waals surface area contributed by atoms with Crippen molar-refractivity contribution in [3.8, 4) is 11.4 Å². The standard InChI is InChI=1S/C17H17N5O2S/c1-11-4-3-5-13(10-11)18-16(24)12(2)25-17-19-20-21-22(17)14-6-8-15(23)9-7-14/h3-10,12,23H,1-2H3,(H,18,24). The SMILES string of the molecule is Cc1cccc(NC(=O)C(C)Sc2nnnn2-c2ccc(O)cc2)c1. The number of amides is 1. The van der Waals surface area contributed by atoms with E-state index >= 15 is 0 Å². The summed E-state index contributed by atoms with van der Waals surface area (Å²) in [5.41, 5.74) is 2.54. The van der Waals surface area contributed by atoms with Gasteiger partial charge in [-0.2, -0.15) is 4.68 Å². The molecule has 0 radical (unpaired) electrons. The minimum absolute atomic E-state index is 0.129. The third-order valence-corrected chi connectivity index (χ3v) is 4.51. The molecule has 8 heteroatoms. The van der Waals surface area contributed by atoms with Crippen molar-refractivity contribution < 1.29 is 9.90 Å². The van der Waals surface area contributed by atoms with Crippen LogP contribution in [0.3, 0.4) is 0 Å². The first-order chi connectivity index (χ1) is 12.0. The molecule has 0 saturated heterocycles. The zero-order valence-electron chi connectivity index (χ0n) is 13.7. The number of hydrogen-bond acceptors (Lipinski definition) is 6. The normalized spacial score (nSPS) is 11.9. The van der Waals surface area contributed by atoms with Crippen LogP contribution in [0.25, 0.3) is 5.69 Å². The number of nitrogens with zero attached hydrogens (tertiary/aromatic N) is 4. The van der Waals surface area contributed by atoms with Crippen LogP contribution in [0.5, 0.6) is 5.75 Å². The molecule has 1 unspecified atom stereocenters.